The molecular weight excluding hydrogens is 574 g/mol. The summed E-state index contributed by atoms with van der Waals surface area (Å²) in [5.41, 5.74) is 6.55. The van der Waals surface area contributed by atoms with Crippen LogP contribution in [-0.2, 0) is 11.2 Å². The molecule has 7 rings (SSSR count). The number of hydrogen-bond acceptors (Lipinski definition) is 7. The van der Waals surface area contributed by atoms with E-state index in [1.165, 1.54) is 28.0 Å². The van der Waals surface area contributed by atoms with Crippen molar-refractivity contribution in [1.82, 2.24) is 14.8 Å². The van der Waals surface area contributed by atoms with Gasteiger partial charge in [-0.1, -0.05) is 36.9 Å². The van der Waals surface area contributed by atoms with E-state index in [1.54, 1.807) is 0 Å². The van der Waals surface area contributed by atoms with Crippen LogP contribution in [0.5, 0.6) is 5.88 Å². The zero-order chi connectivity index (χ0) is 31.4. The Morgan fingerprint density at radius 2 is 2.00 bits per heavy atom. The fourth-order valence-corrected chi connectivity index (χ4v) is 7.66. The quantitative estimate of drug-likeness (QED) is 0.337. The van der Waals surface area contributed by atoms with Crippen LogP contribution in [0.3, 0.4) is 0 Å². The van der Waals surface area contributed by atoms with Gasteiger partial charge in [0.15, 0.2) is 5.83 Å². The molecule has 3 fully saturated rings. The number of pyridine rings is 1. The van der Waals surface area contributed by atoms with Crippen LogP contribution in [-0.4, -0.2) is 78.8 Å². The Bertz CT molecular complexity index is 1800. The first-order chi connectivity index (χ1) is 21.8. The van der Waals surface area contributed by atoms with Gasteiger partial charge in [0, 0.05) is 37.6 Å². The van der Waals surface area contributed by atoms with E-state index in [-0.39, 0.29) is 43.6 Å². The number of benzene rings is 2. The zero-order valence-electron chi connectivity index (χ0n) is 25.2. The summed E-state index contributed by atoms with van der Waals surface area (Å²) in [7, 11) is 1.86. The average Bonchev–Trinajstić information content (AvgIpc) is 3.58. The molecule has 0 bridgehead atoms. The highest BCUT2D eigenvalue weighted by atomic mass is 19.1. The van der Waals surface area contributed by atoms with Crippen LogP contribution in [0, 0.1) is 28.6 Å². The van der Waals surface area contributed by atoms with Gasteiger partial charge in [-0.2, -0.15) is 10.5 Å². The number of likely N-dealkylation sites (N-methyl/N-ethyl adjacent to an activating group) is 1. The number of anilines is 1. The van der Waals surface area contributed by atoms with Gasteiger partial charge in [-0.05, 0) is 66.5 Å². The van der Waals surface area contributed by atoms with E-state index < -0.39 is 23.9 Å². The van der Waals surface area contributed by atoms with Crippen LogP contribution in [0.4, 0.5) is 14.5 Å². The van der Waals surface area contributed by atoms with Crippen LogP contribution >= 0.6 is 0 Å². The van der Waals surface area contributed by atoms with Gasteiger partial charge in [0.05, 0.1) is 29.7 Å². The number of nitriles is 2. The summed E-state index contributed by atoms with van der Waals surface area (Å²) < 4.78 is 34.2. The van der Waals surface area contributed by atoms with Crippen LogP contribution in [0.15, 0.2) is 48.8 Å². The first-order valence-electron chi connectivity index (χ1n) is 15.5. The van der Waals surface area contributed by atoms with Crippen molar-refractivity contribution in [2.75, 3.05) is 44.7 Å². The summed E-state index contributed by atoms with van der Waals surface area (Å²) in [6.45, 7) is 4.34. The predicted molar refractivity (Wildman–Crippen MR) is 166 cm³/mol. The molecule has 0 radical (unpaired) electrons. The number of likely N-dealkylation sites (tertiary alicyclic amines) is 1. The van der Waals surface area contributed by atoms with Crippen molar-refractivity contribution < 1.29 is 18.3 Å². The fraction of sp³-hybridized carbons (Fsp3) is 0.429. The molecule has 0 N–H and O–H groups in total. The smallest absolute Gasteiger partial charge is 0.282 e. The summed E-state index contributed by atoms with van der Waals surface area (Å²) in [5.74, 6) is -0.387. The Hall–Kier alpha value is -4.54. The van der Waals surface area contributed by atoms with Crippen molar-refractivity contribution in [1.29, 1.82) is 10.5 Å². The van der Waals surface area contributed by atoms with E-state index in [0.29, 0.717) is 36.6 Å². The molecule has 45 heavy (non-hydrogen) atoms. The molecule has 3 aromatic rings. The topological polar surface area (TPSA) is 96.5 Å². The van der Waals surface area contributed by atoms with Crippen LogP contribution in [0.2, 0.25) is 0 Å². The highest BCUT2D eigenvalue weighted by Crippen LogP contribution is 2.58. The predicted octanol–water partition coefficient (Wildman–Crippen LogP) is 5.27. The third kappa shape index (κ3) is 5.17. The lowest BCUT2D eigenvalue weighted by Gasteiger charge is -2.42. The third-order valence-corrected chi connectivity index (χ3v) is 9.99. The molecule has 5 atom stereocenters. The molecule has 230 valence electrons. The number of piperazine rings is 1. The number of carbonyl (C=O) groups excluding carboxylic acids is 1. The SMILES string of the molecule is C=C(F)C(=O)N1CCN(c2c(C#N)c(OC[C@@H]3C[C@@H](F)CN3C)nc3cc(-c4cccc5c4C4CC4C5)ccc23)C[C@@H]1CC#N. The summed E-state index contributed by atoms with van der Waals surface area (Å²) >= 11 is 0. The van der Waals surface area contributed by atoms with Crippen molar-refractivity contribution in [2.24, 2.45) is 5.92 Å². The van der Waals surface area contributed by atoms with Crippen LogP contribution in [0.25, 0.3) is 22.0 Å². The molecule has 2 unspecified atom stereocenters. The lowest BCUT2D eigenvalue weighted by atomic mass is 9.93. The van der Waals surface area contributed by atoms with Gasteiger partial charge in [-0.3, -0.25) is 9.69 Å². The van der Waals surface area contributed by atoms with Gasteiger partial charge < -0.3 is 14.5 Å². The minimum absolute atomic E-state index is 0.00633. The Morgan fingerprint density at radius 1 is 1.16 bits per heavy atom. The van der Waals surface area contributed by atoms with Crippen molar-refractivity contribution >= 4 is 22.5 Å². The normalized spacial score (nSPS) is 25.4. The Kier molecular flexibility index (Phi) is 7.41. The molecule has 0 spiro atoms. The summed E-state index contributed by atoms with van der Waals surface area (Å²) in [6.07, 6.45) is 1.75. The van der Waals surface area contributed by atoms with Crippen molar-refractivity contribution in [3.8, 4) is 29.1 Å². The lowest BCUT2D eigenvalue weighted by molar-refractivity contribution is -0.131. The number of rotatable bonds is 7. The molecule has 1 saturated carbocycles. The number of hydrogen-bond donors (Lipinski definition) is 0. The first kappa shape index (κ1) is 29.2. The number of amides is 1. The molecule has 3 heterocycles. The number of carbonyl (C=O) groups is 1. The van der Waals surface area contributed by atoms with E-state index in [9.17, 15) is 24.1 Å². The minimum Gasteiger partial charge on any atom is -0.475 e. The Balaban J connectivity index is 1.31. The van der Waals surface area contributed by atoms with Gasteiger partial charge in [0.25, 0.3) is 5.91 Å². The fourth-order valence-electron chi connectivity index (χ4n) is 7.66. The van der Waals surface area contributed by atoms with E-state index in [1.807, 2.05) is 29.0 Å². The number of nitrogens with zero attached hydrogens (tertiary/aromatic N) is 6. The summed E-state index contributed by atoms with van der Waals surface area (Å²) in [5, 5.41) is 20.8. The van der Waals surface area contributed by atoms with E-state index in [2.05, 4.69) is 43.0 Å². The molecule has 10 heteroatoms. The monoisotopic (exact) mass is 608 g/mol. The van der Waals surface area contributed by atoms with Crippen molar-refractivity contribution in [3.05, 3.63) is 65.5 Å². The van der Waals surface area contributed by atoms with Crippen LogP contribution in [0.1, 0.15) is 41.9 Å². The van der Waals surface area contributed by atoms with Gasteiger partial charge in [-0.15, -0.1) is 0 Å². The molecule has 4 aliphatic rings. The first-order valence-corrected chi connectivity index (χ1v) is 15.5. The van der Waals surface area contributed by atoms with Gasteiger partial charge in [0.1, 0.15) is 24.4 Å². The Morgan fingerprint density at radius 3 is 2.73 bits per heavy atom. The number of halogens is 2. The number of fused-ring (bicyclic) bond motifs is 4. The number of ether oxygens (including phenoxy) is 1. The van der Waals surface area contributed by atoms with Gasteiger partial charge in [0.2, 0.25) is 5.88 Å². The number of alkyl halides is 1. The summed E-state index contributed by atoms with van der Waals surface area (Å²) in [6, 6.07) is 16.2. The molecule has 1 amide bonds. The van der Waals surface area contributed by atoms with Crippen molar-refractivity contribution in [3.63, 3.8) is 0 Å². The highest BCUT2D eigenvalue weighted by molar-refractivity contribution is 5.98. The van der Waals surface area contributed by atoms with Crippen molar-refractivity contribution in [2.45, 2.75) is 49.9 Å². The maximum absolute atomic E-state index is 14.1. The number of aromatic nitrogens is 1. The van der Waals surface area contributed by atoms with E-state index >= 15 is 0 Å². The summed E-state index contributed by atoms with van der Waals surface area (Å²) in [4.78, 5) is 22.7. The molecule has 2 aliphatic carbocycles. The average molecular weight is 609 g/mol. The highest BCUT2D eigenvalue weighted by Gasteiger charge is 2.46. The molecular formula is C35H34F2N6O2. The van der Waals surface area contributed by atoms with Gasteiger partial charge in [-0.25, -0.2) is 13.8 Å². The van der Waals surface area contributed by atoms with Gasteiger partial charge >= 0.3 is 0 Å². The molecule has 1 aromatic heterocycles. The Labute approximate surface area is 261 Å². The second kappa shape index (κ2) is 11.4. The largest absolute Gasteiger partial charge is 0.475 e. The third-order valence-electron chi connectivity index (χ3n) is 9.99. The minimum atomic E-state index is -1.07. The standard InChI is InChI=1S/C35H34F2N6O2/c1-20(36)35(44)43-11-10-42(18-25(43)8-9-38)33-28-7-6-21(27-5-3-4-22-12-23-13-29(23)32(22)27)14-31(28)40-34(30(33)16-39)45-19-26-15-24(37)17-41(26)2/h3-7,14,23-26,29H,1,8,10-13,15,17-19H2,2H3/t23?,24-,25+,26+,29?/m1/s1. The molecule has 2 aliphatic heterocycles. The van der Waals surface area contributed by atoms with Crippen LogP contribution < -0.4 is 9.64 Å². The molecule has 8 nitrogen and oxygen atoms in total. The lowest BCUT2D eigenvalue weighted by Crippen LogP contribution is -2.55. The second-order valence-electron chi connectivity index (χ2n) is 12.8. The van der Waals surface area contributed by atoms with E-state index in [4.69, 9.17) is 9.72 Å². The molecule has 2 saturated heterocycles. The second-order valence-corrected chi connectivity index (χ2v) is 12.8. The molecule has 2 aromatic carbocycles. The maximum atomic E-state index is 14.1. The zero-order valence-corrected chi connectivity index (χ0v) is 25.2. The van der Waals surface area contributed by atoms with E-state index in [0.717, 1.165) is 23.3 Å². The maximum Gasteiger partial charge on any atom is 0.282 e.